The first-order valence-electron chi connectivity index (χ1n) is 12.0. The van der Waals surface area contributed by atoms with Gasteiger partial charge in [-0.15, -0.1) is 0 Å². The van der Waals surface area contributed by atoms with Crippen LogP contribution in [0.15, 0.2) is 95.5 Å². The summed E-state index contributed by atoms with van der Waals surface area (Å²) in [4.78, 5) is 0. The van der Waals surface area contributed by atoms with Gasteiger partial charge in [0.25, 0.3) is 0 Å². The van der Waals surface area contributed by atoms with Gasteiger partial charge >= 0.3 is 0 Å². The summed E-state index contributed by atoms with van der Waals surface area (Å²) in [5.41, 5.74) is 9.71. The predicted molar refractivity (Wildman–Crippen MR) is 145 cm³/mol. The van der Waals surface area contributed by atoms with Gasteiger partial charge in [-0.3, -0.25) is 0 Å². The molecule has 0 spiro atoms. The monoisotopic (exact) mass is 492 g/mol. The smallest absolute Gasteiger partial charge is 0.0253 e. The highest BCUT2D eigenvalue weighted by molar-refractivity contribution is 9.10. The van der Waals surface area contributed by atoms with E-state index < -0.39 is 0 Å². The molecule has 0 radical (unpaired) electrons. The van der Waals surface area contributed by atoms with Gasteiger partial charge in [0.1, 0.15) is 0 Å². The maximum absolute atomic E-state index is 4.45. The highest BCUT2D eigenvalue weighted by Crippen LogP contribution is 2.58. The summed E-state index contributed by atoms with van der Waals surface area (Å²) in [5, 5.41) is 2.66. The number of fused-ring (bicyclic) bond motifs is 4. The van der Waals surface area contributed by atoms with Gasteiger partial charge in [0.05, 0.1) is 0 Å². The highest BCUT2D eigenvalue weighted by Gasteiger charge is 2.46. The molecule has 4 aromatic carbocycles. The zero-order chi connectivity index (χ0) is 22.7. The Balaban J connectivity index is 1.62. The molecule has 0 saturated heterocycles. The minimum atomic E-state index is -0.0242. The standard InChI is InChI=1S/C32H29Br/c1-20-14-21(2)16-25(15-20)32(3)29-19-24(26-10-6-7-11-31(26)33)12-13-27(29)28-17-22-8-4-5-9-23(22)18-30(28)32/h4-13,17-19,21,25H,1,14-16H2,2-3H3. The summed E-state index contributed by atoms with van der Waals surface area (Å²) in [6.45, 7) is 9.35. The Morgan fingerprint density at radius 2 is 1.48 bits per heavy atom. The molecule has 0 nitrogen and oxygen atoms in total. The number of benzene rings is 4. The lowest BCUT2D eigenvalue weighted by atomic mass is 9.62. The van der Waals surface area contributed by atoms with Crippen molar-refractivity contribution in [2.45, 2.75) is 38.5 Å². The average Bonchev–Trinajstić information content (AvgIpc) is 3.06. The first kappa shape index (κ1) is 20.9. The second kappa shape index (κ2) is 7.71. The average molecular weight is 493 g/mol. The molecule has 0 bridgehead atoms. The highest BCUT2D eigenvalue weighted by atomic mass is 79.9. The molecular weight excluding hydrogens is 464 g/mol. The van der Waals surface area contributed by atoms with Crippen LogP contribution in [-0.2, 0) is 5.41 Å². The van der Waals surface area contributed by atoms with Gasteiger partial charge in [-0.1, -0.05) is 96.5 Å². The van der Waals surface area contributed by atoms with Crippen LogP contribution in [0.2, 0.25) is 0 Å². The zero-order valence-electron chi connectivity index (χ0n) is 19.4. The van der Waals surface area contributed by atoms with E-state index >= 15 is 0 Å². The van der Waals surface area contributed by atoms with Crippen molar-refractivity contribution in [2.24, 2.45) is 11.8 Å². The first-order chi connectivity index (χ1) is 15.9. The number of halogens is 1. The molecule has 164 valence electrons. The van der Waals surface area contributed by atoms with Crippen LogP contribution in [0.3, 0.4) is 0 Å². The van der Waals surface area contributed by atoms with Gasteiger partial charge in [-0.2, -0.15) is 0 Å². The van der Waals surface area contributed by atoms with Crippen molar-refractivity contribution in [1.82, 2.24) is 0 Å². The van der Waals surface area contributed by atoms with Crippen LogP contribution < -0.4 is 0 Å². The van der Waals surface area contributed by atoms with Crippen LogP contribution in [0.25, 0.3) is 33.0 Å². The number of allylic oxidation sites excluding steroid dienone is 1. The minimum Gasteiger partial charge on any atom is -0.0998 e. The summed E-state index contributed by atoms with van der Waals surface area (Å²) in [5.74, 6) is 1.25. The van der Waals surface area contributed by atoms with Crippen molar-refractivity contribution in [3.05, 3.63) is 107 Å². The second-order valence-corrected chi connectivity index (χ2v) is 11.2. The van der Waals surface area contributed by atoms with E-state index in [0.717, 1.165) is 10.9 Å². The Morgan fingerprint density at radius 1 is 0.788 bits per heavy atom. The van der Waals surface area contributed by atoms with E-state index in [0.29, 0.717) is 11.8 Å². The Bertz CT molecular complexity index is 1410. The quantitative estimate of drug-likeness (QED) is 0.244. The van der Waals surface area contributed by atoms with Crippen LogP contribution in [0.1, 0.15) is 44.2 Å². The first-order valence-corrected chi connectivity index (χ1v) is 12.8. The number of hydrogen-bond donors (Lipinski definition) is 0. The van der Waals surface area contributed by atoms with Crippen molar-refractivity contribution in [3.63, 3.8) is 0 Å². The van der Waals surface area contributed by atoms with Crippen LogP contribution >= 0.6 is 15.9 Å². The number of rotatable bonds is 2. The molecule has 0 aromatic heterocycles. The van der Waals surface area contributed by atoms with E-state index in [4.69, 9.17) is 0 Å². The summed E-state index contributed by atoms with van der Waals surface area (Å²) in [6, 6.07) is 29.4. The predicted octanol–water partition coefficient (Wildman–Crippen LogP) is 9.55. The third-order valence-electron chi connectivity index (χ3n) is 8.18. The second-order valence-electron chi connectivity index (χ2n) is 10.4. The maximum atomic E-state index is 4.45. The van der Waals surface area contributed by atoms with Crippen LogP contribution in [0.5, 0.6) is 0 Å². The van der Waals surface area contributed by atoms with Gasteiger partial charge in [0.2, 0.25) is 0 Å². The molecule has 2 aliphatic carbocycles. The van der Waals surface area contributed by atoms with E-state index in [9.17, 15) is 0 Å². The zero-order valence-corrected chi connectivity index (χ0v) is 21.0. The van der Waals surface area contributed by atoms with Gasteiger partial charge in [0, 0.05) is 9.89 Å². The van der Waals surface area contributed by atoms with Crippen LogP contribution in [0, 0.1) is 11.8 Å². The Labute approximate surface area is 205 Å². The van der Waals surface area contributed by atoms with Gasteiger partial charge in [-0.25, -0.2) is 0 Å². The summed E-state index contributed by atoms with van der Waals surface area (Å²) in [6.07, 6.45) is 3.54. The summed E-state index contributed by atoms with van der Waals surface area (Å²) in [7, 11) is 0. The number of hydrogen-bond acceptors (Lipinski definition) is 0. The molecule has 33 heavy (non-hydrogen) atoms. The van der Waals surface area contributed by atoms with Crippen molar-refractivity contribution in [2.75, 3.05) is 0 Å². The van der Waals surface area contributed by atoms with Crippen molar-refractivity contribution >= 4 is 26.7 Å². The summed E-state index contributed by atoms with van der Waals surface area (Å²) >= 11 is 3.78. The normalized spacial score (nSPS) is 24.0. The molecular formula is C32H29Br. The molecule has 1 saturated carbocycles. The third-order valence-corrected chi connectivity index (χ3v) is 8.87. The molecule has 3 unspecified atom stereocenters. The fourth-order valence-corrected chi connectivity index (χ4v) is 7.08. The molecule has 0 N–H and O–H groups in total. The molecule has 0 aliphatic heterocycles. The van der Waals surface area contributed by atoms with E-state index in [1.54, 1.807) is 0 Å². The lowest BCUT2D eigenvalue weighted by Crippen LogP contribution is -2.35. The molecule has 0 amide bonds. The van der Waals surface area contributed by atoms with Crippen molar-refractivity contribution in [3.8, 4) is 22.3 Å². The molecule has 2 aliphatic rings. The van der Waals surface area contributed by atoms with Crippen molar-refractivity contribution in [1.29, 1.82) is 0 Å². The van der Waals surface area contributed by atoms with E-state index in [1.807, 2.05) is 0 Å². The largest absolute Gasteiger partial charge is 0.0998 e. The van der Waals surface area contributed by atoms with Crippen molar-refractivity contribution < 1.29 is 0 Å². The fraction of sp³-hybridized carbons (Fsp3) is 0.250. The molecule has 1 fully saturated rings. The Kier molecular flexibility index (Phi) is 4.89. The molecule has 3 atom stereocenters. The minimum absolute atomic E-state index is 0.0242. The SMILES string of the molecule is C=C1CC(C)CC(C2(C)c3cc(-c4ccccc4Br)ccc3-c3cc4ccccc4cc32)C1. The van der Waals surface area contributed by atoms with Gasteiger partial charge in [0.15, 0.2) is 0 Å². The van der Waals surface area contributed by atoms with Crippen LogP contribution in [-0.4, -0.2) is 0 Å². The lowest BCUT2D eigenvalue weighted by Gasteiger charge is -2.42. The topological polar surface area (TPSA) is 0 Å². The van der Waals surface area contributed by atoms with Gasteiger partial charge < -0.3 is 0 Å². The molecule has 0 heterocycles. The fourth-order valence-electron chi connectivity index (χ4n) is 6.57. The Morgan fingerprint density at radius 3 is 2.24 bits per heavy atom. The maximum Gasteiger partial charge on any atom is 0.0253 e. The van der Waals surface area contributed by atoms with Gasteiger partial charge in [-0.05, 0) is 99.5 Å². The molecule has 1 heteroatoms. The van der Waals surface area contributed by atoms with E-state index in [-0.39, 0.29) is 5.41 Å². The lowest BCUT2D eigenvalue weighted by molar-refractivity contribution is 0.249. The Hall–Kier alpha value is -2.64. The summed E-state index contributed by atoms with van der Waals surface area (Å²) < 4.78 is 1.15. The van der Waals surface area contributed by atoms with E-state index in [2.05, 4.69) is 115 Å². The van der Waals surface area contributed by atoms with E-state index in [1.165, 1.54) is 62.6 Å². The molecule has 6 rings (SSSR count). The van der Waals surface area contributed by atoms with Crippen LogP contribution in [0.4, 0.5) is 0 Å². The molecule has 4 aromatic rings. The third kappa shape index (κ3) is 3.24.